The number of rotatable bonds is 4. The first kappa shape index (κ1) is 16.3. The topological polar surface area (TPSA) is 41.6 Å². The second-order valence-electron chi connectivity index (χ2n) is 7.16. The molecule has 0 aliphatic carbocycles. The number of fused-ring (bicyclic) bond motifs is 1. The van der Waals surface area contributed by atoms with Crippen molar-refractivity contribution in [1.82, 2.24) is 28.7 Å². The van der Waals surface area contributed by atoms with Crippen LogP contribution >= 0.6 is 0 Å². The van der Waals surface area contributed by atoms with Crippen LogP contribution < -0.4 is 0 Å². The molecule has 0 aromatic carbocycles. The van der Waals surface area contributed by atoms with Crippen molar-refractivity contribution in [3.05, 3.63) is 54.0 Å². The molecule has 0 radical (unpaired) electrons. The van der Waals surface area contributed by atoms with Crippen molar-refractivity contribution in [3.63, 3.8) is 0 Å². The van der Waals surface area contributed by atoms with Gasteiger partial charge in [0.15, 0.2) is 0 Å². The molecule has 1 aliphatic rings. The minimum absolute atomic E-state index is 0.518. The Morgan fingerprint density at radius 2 is 2.08 bits per heavy atom. The van der Waals surface area contributed by atoms with Crippen LogP contribution in [0.15, 0.2) is 36.9 Å². The van der Waals surface area contributed by atoms with Gasteiger partial charge in [-0.3, -0.25) is 9.80 Å². The first-order chi connectivity index (χ1) is 12.1. The van der Waals surface area contributed by atoms with E-state index in [2.05, 4.69) is 69.2 Å². The van der Waals surface area contributed by atoms with Gasteiger partial charge in [0.05, 0.1) is 12.2 Å². The summed E-state index contributed by atoms with van der Waals surface area (Å²) in [7, 11) is 2.06. The van der Waals surface area contributed by atoms with Crippen molar-refractivity contribution in [2.24, 2.45) is 7.05 Å². The van der Waals surface area contributed by atoms with Crippen LogP contribution in [0.3, 0.4) is 0 Å². The quantitative estimate of drug-likeness (QED) is 0.730. The molecule has 25 heavy (non-hydrogen) atoms. The minimum Gasteiger partial charge on any atom is -0.337 e. The third kappa shape index (κ3) is 3.32. The van der Waals surface area contributed by atoms with Crippen LogP contribution in [0.1, 0.15) is 24.0 Å². The van der Waals surface area contributed by atoms with Crippen molar-refractivity contribution in [2.75, 3.05) is 19.6 Å². The maximum Gasteiger partial charge on any atom is 0.139 e. The zero-order chi connectivity index (χ0) is 17.4. The predicted octanol–water partition coefficient (Wildman–Crippen LogP) is 2.08. The number of imidazole rings is 2. The summed E-state index contributed by atoms with van der Waals surface area (Å²) in [5.74, 6) is 1.14. The fraction of sp³-hybridized carbons (Fsp3) is 0.474. The fourth-order valence-corrected chi connectivity index (χ4v) is 3.69. The Kier molecular flexibility index (Phi) is 4.31. The summed E-state index contributed by atoms with van der Waals surface area (Å²) in [5.41, 5.74) is 3.44. The summed E-state index contributed by atoms with van der Waals surface area (Å²) in [5, 5.41) is 0. The highest BCUT2D eigenvalue weighted by Crippen LogP contribution is 2.16. The highest BCUT2D eigenvalue weighted by atomic mass is 15.3. The van der Waals surface area contributed by atoms with Crippen LogP contribution in [0.25, 0.3) is 5.65 Å². The summed E-state index contributed by atoms with van der Waals surface area (Å²) in [6.45, 7) is 9.47. The molecular formula is C19H26N6. The average molecular weight is 338 g/mol. The molecule has 4 heterocycles. The van der Waals surface area contributed by atoms with Crippen LogP contribution in [-0.2, 0) is 20.1 Å². The number of hydrogen-bond acceptors (Lipinski definition) is 4. The summed E-state index contributed by atoms with van der Waals surface area (Å²) >= 11 is 0. The maximum atomic E-state index is 4.82. The smallest absolute Gasteiger partial charge is 0.139 e. The largest absolute Gasteiger partial charge is 0.337 e. The lowest BCUT2D eigenvalue weighted by Gasteiger charge is -2.39. The molecule has 0 unspecified atom stereocenters. The average Bonchev–Trinajstić information content (AvgIpc) is 3.17. The molecule has 3 aromatic heterocycles. The molecule has 3 aromatic rings. The van der Waals surface area contributed by atoms with E-state index in [0.29, 0.717) is 6.04 Å². The van der Waals surface area contributed by atoms with Gasteiger partial charge >= 0.3 is 0 Å². The van der Waals surface area contributed by atoms with Crippen LogP contribution in [0, 0.1) is 6.92 Å². The summed E-state index contributed by atoms with van der Waals surface area (Å²) in [4.78, 5) is 14.3. The summed E-state index contributed by atoms with van der Waals surface area (Å²) < 4.78 is 4.24. The number of aryl methyl sites for hydroxylation is 2. The lowest BCUT2D eigenvalue weighted by Crippen LogP contribution is -2.51. The van der Waals surface area contributed by atoms with Crippen LogP contribution in [0.4, 0.5) is 0 Å². The van der Waals surface area contributed by atoms with Crippen molar-refractivity contribution < 1.29 is 0 Å². The first-order valence-electron chi connectivity index (χ1n) is 8.96. The SMILES string of the molecule is Cc1cccn2cc(CN3CCN(Cc4nccn4C)[C@@H](C)C3)nc12. The highest BCUT2D eigenvalue weighted by molar-refractivity contribution is 5.47. The normalized spacial score (nSPS) is 19.7. The summed E-state index contributed by atoms with van der Waals surface area (Å²) in [6.07, 6.45) is 8.13. The molecule has 6 nitrogen and oxygen atoms in total. The van der Waals surface area contributed by atoms with Gasteiger partial charge in [0.2, 0.25) is 0 Å². The highest BCUT2D eigenvalue weighted by Gasteiger charge is 2.25. The lowest BCUT2D eigenvalue weighted by molar-refractivity contribution is 0.0701. The van der Waals surface area contributed by atoms with Crippen molar-refractivity contribution >= 4 is 5.65 Å². The van der Waals surface area contributed by atoms with E-state index in [-0.39, 0.29) is 0 Å². The van der Waals surface area contributed by atoms with Gasteiger partial charge in [-0.1, -0.05) is 6.07 Å². The van der Waals surface area contributed by atoms with Gasteiger partial charge < -0.3 is 8.97 Å². The number of pyridine rings is 1. The molecule has 6 heteroatoms. The van der Waals surface area contributed by atoms with Crippen LogP contribution in [0.2, 0.25) is 0 Å². The van der Waals surface area contributed by atoms with Crippen molar-refractivity contribution in [1.29, 1.82) is 0 Å². The van der Waals surface area contributed by atoms with E-state index in [0.717, 1.165) is 49.9 Å². The van der Waals surface area contributed by atoms with Crippen molar-refractivity contribution in [3.8, 4) is 0 Å². The van der Waals surface area contributed by atoms with Crippen LogP contribution in [-0.4, -0.2) is 54.4 Å². The van der Waals surface area contributed by atoms with E-state index in [4.69, 9.17) is 4.98 Å². The molecule has 0 N–H and O–H groups in total. The summed E-state index contributed by atoms with van der Waals surface area (Å²) in [6, 6.07) is 4.71. The molecule has 1 aliphatic heterocycles. The second kappa shape index (κ2) is 6.61. The van der Waals surface area contributed by atoms with E-state index in [1.165, 1.54) is 5.56 Å². The fourth-order valence-electron chi connectivity index (χ4n) is 3.69. The Hall–Kier alpha value is -2.18. The maximum absolute atomic E-state index is 4.82. The number of piperazine rings is 1. The van der Waals surface area contributed by atoms with Gasteiger partial charge in [-0.15, -0.1) is 0 Å². The van der Waals surface area contributed by atoms with E-state index in [1.54, 1.807) is 0 Å². The van der Waals surface area contributed by atoms with Gasteiger partial charge in [0.1, 0.15) is 11.5 Å². The molecule has 132 valence electrons. The molecule has 0 saturated carbocycles. The van der Waals surface area contributed by atoms with Crippen molar-refractivity contribution in [2.45, 2.75) is 33.0 Å². The Morgan fingerprint density at radius 1 is 1.20 bits per heavy atom. The predicted molar refractivity (Wildman–Crippen MR) is 98.3 cm³/mol. The number of aromatic nitrogens is 4. The Labute approximate surface area is 148 Å². The van der Waals surface area contributed by atoms with Gasteiger partial charge in [-0.2, -0.15) is 0 Å². The molecule has 0 bridgehead atoms. The standard InChI is InChI=1S/C19H26N6/c1-15-5-4-7-25-13-17(21-19(15)25)12-23-9-10-24(16(2)11-23)14-18-20-6-8-22(18)3/h4-8,13,16H,9-12,14H2,1-3H3/t16-/m0/s1. The van der Waals surface area contributed by atoms with Gasteiger partial charge in [-0.25, -0.2) is 9.97 Å². The minimum atomic E-state index is 0.518. The number of nitrogens with zero attached hydrogens (tertiary/aromatic N) is 6. The van der Waals surface area contributed by atoms with E-state index in [9.17, 15) is 0 Å². The zero-order valence-corrected chi connectivity index (χ0v) is 15.3. The Bertz CT molecular complexity index is 864. The third-order valence-electron chi connectivity index (χ3n) is 5.23. The molecule has 1 fully saturated rings. The molecule has 0 spiro atoms. The van der Waals surface area contributed by atoms with Gasteiger partial charge in [-0.05, 0) is 25.5 Å². The monoisotopic (exact) mass is 338 g/mol. The molecule has 1 saturated heterocycles. The zero-order valence-electron chi connectivity index (χ0n) is 15.3. The Balaban J connectivity index is 1.40. The third-order valence-corrected chi connectivity index (χ3v) is 5.23. The van der Waals surface area contributed by atoms with Gasteiger partial charge in [0, 0.05) is 64.1 Å². The molecular weight excluding hydrogens is 312 g/mol. The van der Waals surface area contributed by atoms with E-state index in [1.807, 2.05) is 12.4 Å². The number of hydrogen-bond donors (Lipinski definition) is 0. The van der Waals surface area contributed by atoms with E-state index >= 15 is 0 Å². The first-order valence-corrected chi connectivity index (χ1v) is 8.96. The molecule has 1 atom stereocenters. The van der Waals surface area contributed by atoms with Gasteiger partial charge in [0.25, 0.3) is 0 Å². The molecule has 0 amide bonds. The second-order valence-corrected chi connectivity index (χ2v) is 7.16. The van der Waals surface area contributed by atoms with Crippen LogP contribution in [0.5, 0.6) is 0 Å². The lowest BCUT2D eigenvalue weighted by atomic mass is 10.2. The van der Waals surface area contributed by atoms with E-state index < -0.39 is 0 Å². The molecule has 4 rings (SSSR count). The Morgan fingerprint density at radius 3 is 2.80 bits per heavy atom.